The summed E-state index contributed by atoms with van der Waals surface area (Å²) in [5.41, 5.74) is 0.108. The van der Waals surface area contributed by atoms with Crippen LogP contribution in [0.1, 0.15) is 32.3 Å². The highest BCUT2D eigenvalue weighted by Gasteiger charge is 2.26. The van der Waals surface area contributed by atoms with Crippen LogP contribution in [0.25, 0.3) is 6.08 Å². The van der Waals surface area contributed by atoms with Crippen molar-refractivity contribution >= 4 is 35.2 Å². The minimum Gasteiger partial charge on any atom is -0.394 e. The number of aliphatic hydroxyl groups excluding tert-OH is 1. The standard InChI is InChI=1S/C15H19Cl2NO2/c1-3-15(4-2,10-19)18-13(20)9-8-11-6-5-7-12(16)14(11)17/h5-9,19H,3-4,10H2,1-2H3,(H,18,20). The van der Waals surface area contributed by atoms with Gasteiger partial charge in [-0.15, -0.1) is 0 Å². The van der Waals surface area contributed by atoms with E-state index < -0.39 is 5.54 Å². The van der Waals surface area contributed by atoms with Crippen molar-refractivity contribution in [2.75, 3.05) is 6.61 Å². The zero-order valence-corrected chi connectivity index (χ0v) is 13.1. The lowest BCUT2D eigenvalue weighted by Gasteiger charge is -2.30. The van der Waals surface area contributed by atoms with Crippen LogP contribution in [0.2, 0.25) is 10.0 Å². The molecule has 0 heterocycles. The van der Waals surface area contributed by atoms with Gasteiger partial charge in [-0.3, -0.25) is 4.79 Å². The third kappa shape index (κ3) is 4.23. The second kappa shape index (κ2) is 7.67. The maximum Gasteiger partial charge on any atom is 0.244 e. The zero-order chi connectivity index (χ0) is 15.2. The van der Waals surface area contributed by atoms with E-state index in [1.54, 1.807) is 24.3 Å². The minimum atomic E-state index is -0.570. The Kier molecular flexibility index (Phi) is 6.53. The second-order valence-electron chi connectivity index (χ2n) is 4.61. The van der Waals surface area contributed by atoms with Crippen molar-refractivity contribution in [3.63, 3.8) is 0 Å². The van der Waals surface area contributed by atoms with Crippen molar-refractivity contribution in [3.8, 4) is 0 Å². The molecule has 20 heavy (non-hydrogen) atoms. The fraction of sp³-hybridized carbons (Fsp3) is 0.400. The second-order valence-corrected chi connectivity index (χ2v) is 5.40. The van der Waals surface area contributed by atoms with Gasteiger partial charge in [0.05, 0.1) is 22.2 Å². The van der Waals surface area contributed by atoms with E-state index in [9.17, 15) is 9.90 Å². The molecular formula is C15H19Cl2NO2. The quantitative estimate of drug-likeness (QED) is 0.787. The van der Waals surface area contributed by atoms with E-state index in [0.29, 0.717) is 28.5 Å². The average Bonchev–Trinajstić information content (AvgIpc) is 2.46. The third-order valence-electron chi connectivity index (χ3n) is 3.44. The molecule has 0 radical (unpaired) electrons. The summed E-state index contributed by atoms with van der Waals surface area (Å²) in [5, 5.41) is 13.1. The van der Waals surface area contributed by atoms with Gasteiger partial charge >= 0.3 is 0 Å². The molecule has 1 amide bonds. The molecule has 5 heteroatoms. The molecule has 0 spiro atoms. The third-order valence-corrected chi connectivity index (χ3v) is 4.27. The first kappa shape index (κ1) is 17.0. The molecule has 1 rings (SSSR count). The van der Waals surface area contributed by atoms with Gasteiger partial charge < -0.3 is 10.4 Å². The Morgan fingerprint density at radius 3 is 2.55 bits per heavy atom. The van der Waals surface area contributed by atoms with Gasteiger partial charge in [0.1, 0.15) is 0 Å². The van der Waals surface area contributed by atoms with E-state index in [1.165, 1.54) is 6.08 Å². The first-order chi connectivity index (χ1) is 9.48. The van der Waals surface area contributed by atoms with Crippen LogP contribution in [0.4, 0.5) is 0 Å². The lowest BCUT2D eigenvalue weighted by atomic mass is 9.94. The van der Waals surface area contributed by atoms with Gasteiger partial charge in [0.2, 0.25) is 5.91 Å². The number of carbonyl (C=O) groups is 1. The molecule has 0 aromatic heterocycles. The molecule has 0 saturated heterocycles. The van der Waals surface area contributed by atoms with Crippen LogP contribution in [0, 0.1) is 0 Å². The number of carbonyl (C=O) groups excluding carboxylic acids is 1. The van der Waals surface area contributed by atoms with Gasteiger partial charge in [-0.2, -0.15) is 0 Å². The highest BCUT2D eigenvalue weighted by atomic mass is 35.5. The molecule has 0 aliphatic rings. The van der Waals surface area contributed by atoms with E-state index >= 15 is 0 Å². The summed E-state index contributed by atoms with van der Waals surface area (Å²) in [5.74, 6) is -0.265. The summed E-state index contributed by atoms with van der Waals surface area (Å²) >= 11 is 11.9. The Morgan fingerprint density at radius 1 is 1.35 bits per heavy atom. The van der Waals surface area contributed by atoms with Crippen molar-refractivity contribution in [1.29, 1.82) is 0 Å². The molecule has 2 N–H and O–H groups in total. The number of aliphatic hydroxyl groups is 1. The van der Waals surface area contributed by atoms with Crippen LogP contribution >= 0.6 is 23.2 Å². The normalized spacial score (nSPS) is 11.8. The van der Waals surface area contributed by atoms with Gasteiger partial charge in [-0.05, 0) is 30.5 Å². The van der Waals surface area contributed by atoms with Gasteiger partial charge in [0.15, 0.2) is 0 Å². The van der Waals surface area contributed by atoms with Crippen LogP contribution in [0.5, 0.6) is 0 Å². The molecule has 1 aromatic carbocycles. The fourth-order valence-corrected chi connectivity index (χ4v) is 2.18. The lowest BCUT2D eigenvalue weighted by molar-refractivity contribution is -0.119. The predicted octanol–water partition coefficient (Wildman–Crippen LogP) is 3.67. The van der Waals surface area contributed by atoms with Crippen molar-refractivity contribution in [1.82, 2.24) is 5.32 Å². The molecule has 110 valence electrons. The summed E-state index contributed by atoms with van der Waals surface area (Å²) in [6.45, 7) is 3.77. The Bertz CT molecular complexity index is 488. The van der Waals surface area contributed by atoms with Crippen molar-refractivity contribution in [3.05, 3.63) is 39.9 Å². The van der Waals surface area contributed by atoms with Crippen molar-refractivity contribution in [2.24, 2.45) is 0 Å². The van der Waals surface area contributed by atoms with Crippen molar-refractivity contribution < 1.29 is 9.90 Å². The summed E-state index contributed by atoms with van der Waals surface area (Å²) in [6.07, 6.45) is 4.33. The highest BCUT2D eigenvalue weighted by molar-refractivity contribution is 6.42. The summed E-state index contributed by atoms with van der Waals surface area (Å²) in [7, 11) is 0. The molecule has 0 bridgehead atoms. The number of halogens is 2. The lowest BCUT2D eigenvalue weighted by Crippen LogP contribution is -2.49. The largest absolute Gasteiger partial charge is 0.394 e. The molecule has 1 aromatic rings. The Labute approximate surface area is 129 Å². The monoisotopic (exact) mass is 315 g/mol. The van der Waals surface area contributed by atoms with Crippen LogP contribution in [-0.4, -0.2) is 23.2 Å². The van der Waals surface area contributed by atoms with E-state index in [-0.39, 0.29) is 12.5 Å². The first-order valence-electron chi connectivity index (χ1n) is 6.53. The maximum absolute atomic E-state index is 11.9. The Balaban J connectivity index is 2.80. The SMILES string of the molecule is CCC(CC)(CO)NC(=O)C=Cc1cccc(Cl)c1Cl. The molecule has 0 atom stereocenters. The van der Waals surface area contributed by atoms with Gasteiger partial charge in [-0.1, -0.05) is 49.2 Å². The number of benzene rings is 1. The number of rotatable bonds is 6. The number of hydrogen-bond acceptors (Lipinski definition) is 2. The first-order valence-corrected chi connectivity index (χ1v) is 7.28. The number of hydrogen-bond donors (Lipinski definition) is 2. The summed E-state index contributed by atoms with van der Waals surface area (Å²) in [6, 6.07) is 5.23. The number of amides is 1. The molecule has 3 nitrogen and oxygen atoms in total. The molecule has 0 aliphatic heterocycles. The van der Waals surface area contributed by atoms with Crippen molar-refractivity contribution in [2.45, 2.75) is 32.2 Å². The van der Waals surface area contributed by atoms with Crippen LogP contribution in [-0.2, 0) is 4.79 Å². The maximum atomic E-state index is 11.9. The predicted molar refractivity (Wildman–Crippen MR) is 84.0 cm³/mol. The molecule has 0 fully saturated rings. The fourth-order valence-electron chi connectivity index (χ4n) is 1.81. The van der Waals surface area contributed by atoms with Gasteiger partial charge in [0, 0.05) is 6.08 Å². The van der Waals surface area contributed by atoms with Crippen LogP contribution in [0.3, 0.4) is 0 Å². The van der Waals surface area contributed by atoms with Crippen LogP contribution < -0.4 is 5.32 Å². The topological polar surface area (TPSA) is 49.3 Å². The molecule has 0 saturated carbocycles. The highest BCUT2D eigenvalue weighted by Crippen LogP contribution is 2.26. The minimum absolute atomic E-state index is 0.0858. The van der Waals surface area contributed by atoms with Gasteiger partial charge in [-0.25, -0.2) is 0 Å². The van der Waals surface area contributed by atoms with E-state index in [1.807, 2.05) is 13.8 Å². The molecule has 0 aliphatic carbocycles. The average molecular weight is 316 g/mol. The molecular weight excluding hydrogens is 297 g/mol. The van der Waals surface area contributed by atoms with E-state index in [4.69, 9.17) is 23.2 Å². The Hall–Kier alpha value is -1.03. The summed E-state index contributed by atoms with van der Waals surface area (Å²) in [4.78, 5) is 11.9. The molecule has 0 unspecified atom stereocenters. The zero-order valence-electron chi connectivity index (χ0n) is 11.6. The summed E-state index contributed by atoms with van der Waals surface area (Å²) < 4.78 is 0. The van der Waals surface area contributed by atoms with Gasteiger partial charge in [0.25, 0.3) is 0 Å². The smallest absolute Gasteiger partial charge is 0.244 e. The van der Waals surface area contributed by atoms with Crippen LogP contribution in [0.15, 0.2) is 24.3 Å². The Morgan fingerprint density at radius 2 is 2.00 bits per heavy atom. The van der Waals surface area contributed by atoms with E-state index in [2.05, 4.69) is 5.32 Å². The number of nitrogens with one attached hydrogen (secondary N) is 1. The van der Waals surface area contributed by atoms with E-state index in [0.717, 1.165) is 0 Å².